The first-order chi connectivity index (χ1) is 14.0. The van der Waals surface area contributed by atoms with Crippen LogP contribution in [0.1, 0.15) is 39.3 Å². The Hall–Kier alpha value is -2.71. The lowest BCUT2D eigenvalue weighted by Gasteiger charge is -2.08. The SMILES string of the molecule is Cc1cc(C)nc(SCc2ccc(C(=O)NNC(=O)CCc3ccsc3)cc2)n1. The van der Waals surface area contributed by atoms with E-state index in [2.05, 4.69) is 20.8 Å². The lowest BCUT2D eigenvalue weighted by Crippen LogP contribution is -2.41. The quantitative estimate of drug-likeness (QED) is 0.341. The van der Waals surface area contributed by atoms with Crippen molar-refractivity contribution in [3.8, 4) is 0 Å². The maximum absolute atomic E-state index is 12.2. The number of nitrogens with one attached hydrogen (secondary N) is 2. The molecule has 2 N–H and O–H groups in total. The van der Waals surface area contributed by atoms with Crippen LogP contribution >= 0.6 is 23.1 Å². The van der Waals surface area contributed by atoms with Crippen molar-refractivity contribution in [1.82, 2.24) is 20.8 Å². The van der Waals surface area contributed by atoms with Crippen LogP contribution in [0.15, 0.2) is 52.3 Å². The van der Waals surface area contributed by atoms with E-state index in [4.69, 9.17) is 0 Å². The lowest BCUT2D eigenvalue weighted by molar-refractivity contribution is -0.121. The highest BCUT2D eigenvalue weighted by Gasteiger charge is 2.08. The van der Waals surface area contributed by atoms with Crippen LogP contribution in [-0.4, -0.2) is 21.8 Å². The molecule has 0 radical (unpaired) electrons. The largest absolute Gasteiger partial charge is 0.273 e. The van der Waals surface area contributed by atoms with Gasteiger partial charge in [0.1, 0.15) is 0 Å². The van der Waals surface area contributed by atoms with Gasteiger partial charge >= 0.3 is 0 Å². The molecule has 29 heavy (non-hydrogen) atoms. The average molecular weight is 427 g/mol. The third-order valence-corrected chi connectivity index (χ3v) is 5.73. The molecule has 3 aromatic rings. The van der Waals surface area contributed by atoms with Gasteiger partial charge in [0.15, 0.2) is 5.16 Å². The molecule has 0 aliphatic carbocycles. The lowest BCUT2D eigenvalue weighted by atomic mass is 10.1. The maximum atomic E-state index is 12.2. The van der Waals surface area contributed by atoms with Crippen LogP contribution in [0.5, 0.6) is 0 Å². The Morgan fingerprint density at radius 2 is 1.72 bits per heavy atom. The van der Waals surface area contributed by atoms with Crippen LogP contribution < -0.4 is 10.9 Å². The molecule has 2 heterocycles. The molecular formula is C21H22N4O2S2. The van der Waals surface area contributed by atoms with Gasteiger partial charge in [0.05, 0.1) is 0 Å². The van der Waals surface area contributed by atoms with Crippen molar-refractivity contribution < 1.29 is 9.59 Å². The number of hydrogen-bond donors (Lipinski definition) is 2. The number of amides is 2. The van der Waals surface area contributed by atoms with Gasteiger partial charge in [0.2, 0.25) is 5.91 Å². The number of aryl methyl sites for hydroxylation is 3. The number of thiophene rings is 1. The molecule has 6 nitrogen and oxygen atoms in total. The Kier molecular flexibility index (Phi) is 7.37. The number of benzene rings is 1. The number of carbonyl (C=O) groups is 2. The number of rotatable bonds is 7. The third kappa shape index (κ3) is 6.69. The average Bonchev–Trinajstić information content (AvgIpc) is 3.22. The highest BCUT2D eigenvalue weighted by Crippen LogP contribution is 2.20. The van der Waals surface area contributed by atoms with E-state index in [0.29, 0.717) is 24.2 Å². The smallest absolute Gasteiger partial charge is 0.269 e. The molecule has 2 amide bonds. The maximum Gasteiger partial charge on any atom is 0.269 e. The monoisotopic (exact) mass is 426 g/mol. The van der Waals surface area contributed by atoms with Crippen LogP contribution in [-0.2, 0) is 17.0 Å². The fourth-order valence-corrected chi connectivity index (χ4v) is 4.22. The number of hydrogen-bond acceptors (Lipinski definition) is 6. The minimum Gasteiger partial charge on any atom is -0.273 e. The van der Waals surface area contributed by atoms with E-state index in [1.165, 1.54) is 0 Å². The Morgan fingerprint density at radius 3 is 2.38 bits per heavy atom. The van der Waals surface area contributed by atoms with E-state index in [1.807, 2.05) is 48.9 Å². The molecule has 0 atom stereocenters. The topological polar surface area (TPSA) is 84.0 Å². The summed E-state index contributed by atoms with van der Waals surface area (Å²) < 4.78 is 0. The van der Waals surface area contributed by atoms with Crippen molar-refractivity contribution in [2.24, 2.45) is 0 Å². The fraction of sp³-hybridized carbons (Fsp3) is 0.238. The molecule has 3 rings (SSSR count). The molecule has 0 bridgehead atoms. The van der Waals surface area contributed by atoms with Gasteiger partial charge < -0.3 is 0 Å². The summed E-state index contributed by atoms with van der Waals surface area (Å²) in [6, 6.07) is 11.2. The summed E-state index contributed by atoms with van der Waals surface area (Å²) in [5.41, 5.74) is 9.49. The zero-order chi connectivity index (χ0) is 20.6. The van der Waals surface area contributed by atoms with Crippen molar-refractivity contribution >= 4 is 34.9 Å². The number of nitrogens with zero attached hydrogens (tertiary/aromatic N) is 2. The highest BCUT2D eigenvalue weighted by atomic mass is 32.2. The first-order valence-electron chi connectivity index (χ1n) is 9.14. The summed E-state index contributed by atoms with van der Waals surface area (Å²) >= 11 is 3.16. The summed E-state index contributed by atoms with van der Waals surface area (Å²) in [7, 11) is 0. The fourth-order valence-electron chi connectivity index (χ4n) is 2.61. The predicted molar refractivity (Wildman–Crippen MR) is 116 cm³/mol. The van der Waals surface area contributed by atoms with Crippen molar-refractivity contribution in [1.29, 1.82) is 0 Å². The number of hydrazine groups is 1. The van der Waals surface area contributed by atoms with E-state index < -0.39 is 0 Å². The van der Waals surface area contributed by atoms with Crippen LogP contribution in [0.4, 0.5) is 0 Å². The summed E-state index contributed by atoms with van der Waals surface area (Å²) in [5, 5.41) is 4.74. The van der Waals surface area contributed by atoms with Crippen LogP contribution in [0.25, 0.3) is 0 Å². The van der Waals surface area contributed by atoms with Gasteiger partial charge in [-0.3, -0.25) is 20.4 Å². The zero-order valence-corrected chi connectivity index (χ0v) is 17.9. The molecule has 0 aliphatic rings. The van der Waals surface area contributed by atoms with E-state index >= 15 is 0 Å². The Labute approximate surface area is 178 Å². The van der Waals surface area contributed by atoms with Gasteiger partial charge in [-0.2, -0.15) is 11.3 Å². The second-order valence-electron chi connectivity index (χ2n) is 6.55. The number of carbonyl (C=O) groups excluding carboxylic acids is 2. The van der Waals surface area contributed by atoms with E-state index in [9.17, 15) is 9.59 Å². The van der Waals surface area contributed by atoms with Crippen LogP contribution in [0.2, 0.25) is 0 Å². The Morgan fingerprint density at radius 1 is 1.00 bits per heavy atom. The van der Waals surface area contributed by atoms with Gasteiger partial charge in [-0.25, -0.2) is 9.97 Å². The third-order valence-electron chi connectivity index (χ3n) is 4.08. The molecule has 1 aromatic carbocycles. The molecule has 0 aliphatic heterocycles. The first-order valence-corrected chi connectivity index (χ1v) is 11.1. The van der Waals surface area contributed by atoms with Crippen molar-refractivity contribution in [2.45, 2.75) is 37.6 Å². The highest BCUT2D eigenvalue weighted by molar-refractivity contribution is 7.98. The van der Waals surface area contributed by atoms with Gasteiger partial charge in [-0.1, -0.05) is 23.9 Å². The minimum atomic E-state index is -0.342. The van der Waals surface area contributed by atoms with E-state index in [-0.39, 0.29) is 11.8 Å². The van der Waals surface area contributed by atoms with E-state index in [1.54, 1.807) is 35.2 Å². The molecule has 0 unspecified atom stereocenters. The van der Waals surface area contributed by atoms with Gasteiger partial charge in [-0.15, -0.1) is 0 Å². The van der Waals surface area contributed by atoms with Gasteiger partial charge in [0.25, 0.3) is 5.91 Å². The molecule has 150 valence electrons. The van der Waals surface area contributed by atoms with Crippen molar-refractivity contribution in [3.63, 3.8) is 0 Å². The van der Waals surface area contributed by atoms with E-state index in [0.717, 1.165) is 27.7 Å². The molecule has 0 fully saturated rings. The number of aromatic nitrogens is 2. The number of thioether (sulfide) groups is 1. The van der Waals surface area contributed by atoms with Gasteiger partial charge in [-0.05, 0) is 66.4 Å². The van der Waals surface area contributed by atoms with Crippen molar-refractivity contribution in [2.75, 3.05) is 0 Å². The molecule has 8 heteroatoms. The van der Waals surface area contributed by atoms with Crippen LogP contribution in [0, 0.1) is 13.8 Å². The molecule has 0 spiro atoms. The van der Waals surface area contributed by atoms with Gasteiger partial charge in [0, 0.05) is 29.1 Å². The van der Waals surface area contributed by atoms with Crippen molar-refractivity contribution in [3.05, 3.63) is 75.2 Å². The second kappa shape index (κ2) is 10.2. The summed E-state index contributed by atoms with van der Waals surface area (Å²) in [6.45, 7) is 3.90. The first kappa shape index (κ1) is 21.0. The summed E-state index contributed by atoms with van der Waals surface area (Å²) in [5.74, 6) is 0.154. The zero-order valence-electron chi connectivity index (χ0n) is 16.3. The minimum absolute atomic E-state index is 0.217. The van der Waals surface area contributed by atoms with Crippen LogP contribution in [0.3, 0.4) is 0 Å². The molecular weight excluding hydrogens is 404 g/mol. The standard InChI is InChI=1S/C21H22N4O2S2/c1-14-11-15(2)23-21(22-14)29-13-16-3-6-18(7-4-16)20(27)25-24-19(26)8-5-17-9-10-28-12-17/h3-4,6-7,9-12H,5,8,13H2,1-2H3,(H,24,26)(H,25,27). The molecule has 0 saturated heterocycles. The summed E-state index contributed by atoms with van der Waals surface area (Å²) in [6.07, 6.45) is 0.982. The molecule has 2 aromatic heterocycles. The molecule has 0 saturated carbocycles. The normalized spacial score (nSPS) is 10.6. The summed E-state index contributed by atoms with van der Waals surface area (Å²) in [4.78, 5) is 32.9. The Balaban J connectivity index is 1.45. The Bertz CT molecular complexity index is 953. The second-order valence-corrected chi connectivity index (χ2v) is 8.28. The predicted octanol–water partition coefficient (Wildman–Crippen LogP) is 3.84.